The quantitative estimate of drug-likeness (QED) is 0.713. The van der Waals surface area contributed by atoms with Crippen LogP contribution in [0, 0.1) is 17.1 Å². The Morgan fingerprint density at radius 2 is 1.78 bits per heavy atom. The number of furan rings is 1. The van der Waals surface area contributed by atoms with Gasteiger partial charge < -0.3 is 9.32 Å². The van der Waals surface area contributed by atoms with Gasteiger partial charge in [0.1, 0.15) is 17.4 Å². The van der Waals surface area contributed by atoms with Gasteiger partial charge in [-0.15, -0.1) is 0 Å². The highest BCUT2D eigenvalue weighted by Crippen LogP contribution is 2.24. The molecule has 6 heteroatoms. The Bertz CT molecular complexity index is 965. The lowest BCUT2D eigenvalue weighted by Crippen LogP contribution is -2.49. The molecule has 0 aliphatic carbocycles. The zero-order valence-electron chi connectivity index (χ0n) is 14.6. The van der Waals surface area contributed by atoms with Crippen molar-refractivity contribution in [2.24, 2.45) is 0 Å². The summed E-state index contributed by atoms with van der Waals surface area (Å²) >= 11 is 0. The Morgan fingerprint density at radius 3 is 2.44 bits per heavy atom. The minimum Gasteiger partial charge on any atom is -0.451 e. The van der Waals surface area contributed by atoms with Crippen LogP contribution in [0.4, 0.5) is 4.39 Å². The maximum absolute atomic E-state index is 13.1. The minimum atomic E-state index is -0.450. The van der Waals surface area contributed by atoms with Gasteiger partial charge in [0.15, 0.2) is 5.76 Å². The van der Waals surface area contributed by atoms with E-state index in [-0.39, 0.29) is 11.7 Å². The van der Waals surface area contributed by atoms with Gasteiger partial charge >= 0.3 is 0 Å². The number of halogens is 1. The summed E-state index contributed by atoms with van der Waals surface area (Å²) in [7, 11) is 0. The fraction of sp³-hybridized carbons (Fsp3) is 0.238. The number of piperazine rings is 1. The van der Waals surface area contributed by atoms with E-state index in [1.807, 2.05) is 29.2 Å². The summed E-state index contributed by atoms with van der Waals surface area (Å²) in [6.45, 7) is 2.16. The van der Waals surface area contributed by atoms with Crippen LogP contribution in [0.1, 0.15) is 22.2 Å². The highest BCUT2D eigenvalue weighted by atomic mass is 19.1. The molecular formula is C21H18FN3O2. The van der Waals surface area contributed by atoms with Gasteiger partial charge in [0.05, 0.1) is 6.07 Å². The molecule has 2 aromatic carbocycles. The Kier molecular flexibility index (Phi) is 4.61. The van der Waals surface area contributed by atoms with E-state index in [2.05, 4.69) is 6.07 Å². The standard InChI is InChI=1S/C21H18FN3O2/c22-17-7-5-15(6-8-17)18(14-23)24-9-11-25(12-10-24)21(26)20-13-16-3-1-2-4-19(16)27-20/h1-8,13,18H,9-12H2/t18-/m1/s1. The molecule has 1 amide bonds. The van der Waals surface area contributed by atoms with E-state index in [4.69, 9.17) is 4.42 Å². The van der Waals surface area contributed by atoms with E-state index < -0.39 is 6.04 Å². The second-order valence-corrected chi connectivity index (χ2v) is 6.56. The SMILES string of the molecule is N#C[C@H](c1ccc(F)cc1)N1CCN(C(=O)c2cc3ccccc3o2)CC1. The first-order chi connectivity index (χ1) is 13.2. The van der Waals surface area contributed by atoms with Crippen molar-refractivity contribution in [1.82, 2.24) is 9.80 Å². The summed E-state index contributed by atoms with van der Waals surface area (Å²) in [4.78, 5) is 16.5. The first-order valence-corrected chi connectivity index (χ1v) is 8.83. The number of nitriles is 1. The number of carbonyl (C=O) groups excluding carboxylic acids is 1. The Labute approximate surface area is 156 Å². The molecule has 1 atom stereocenters. The Morgan fingerprint density at radius 1 is 1.07 bits per heavy atom. The molecule has 0 saturated carbocycles. The molecule has 1 saturated heterocycles. The maximum Gasteiger partial charge on any atom is 0.289 e. The zero-order chi connectivity index (χ0) is 18.8. The number of hydrogen-bond donors (Lipinski definition) is 0. The second kappa shape index (κ2) is 7.22. The summed E-state index contributed by atoms with van der Waals surface area (Å²) in [6, 6.07) is 17.1. The van der Waals surface area contributed by atoms with Crippen LogP contribution in [0.15, 0.2) is 59.0 Å². The number of rotatable bonds is 3. The van der Waals surface area contributed by atoms with Crippen molar-refractivity contribution in [2.45, 2.75) is 6.04 Å². The first-order valence-electron chi connectivity index (χ1n) is 8.83. The van der Waals surface area contributed by atoms with E-state index in [1.54, 1.807) is 23.1 Å². The number of hydrogen-bond acceptors (Lipinski definition) is 4. The van der Waals surface area contributed by atoms with E-state index in [9.17, 15) is 14.4 Å². The van der Waals surface area contributed by atoms with Gasteiger partial charge in [-0.3, -0.25) is 9.69 Å². The molecular weight excluding hydrogens is 345 g/mol. The molecule has 0 spiro atoms. The first kappa shape index (κ1) is 17.3. The summed E-state index contributed by atoms with van der Waals surface area (Å²) < 4.78 is 18.8. The third-order valence-electron chi connectivity index (χ3n) is 4.91. The minimum absolute atomic E-state index is 0.138. The molecule has 27 heavy (non-hydrogen) atoms. The van der Waals surface area contributed by atoms with Crippen molar-refractivity contribution in [3.05, 3.63) is 71.7 Å². The van der Waals surface area contributed by atoms with Crippen molar-refractivity contribution in [3.63, 3.8) is 0 Å². The van der Waals surface area contributed by atoms with Crippen LogP contribution in [-0.4, -0.2) is 41.9 Å². The largest absolute Gasteiger partial charge is 0.451 e. The summed E-state index contributed by atoms with van der Waals surface area (Å²) in [5, 5.41) is 10.5. The third kappa shape index (κ3) is 3.42. The zero-order valence-corrected chi connectivity index (χ0v) is 14.6. The molecule has 0 radical (unpaired) electrons. The fourth-order valence-corrected chi connectivity index (χ4v) is 3.44. The van der Waals surface area contributed by atoms with Crippen LogP contribution < -0.4 is 0 Å². The monoisotopic (exact) mass is 363 g/mol. The molecule has 4 rings (SSSR count). The van der Waals surface area contributed by atoms with Crippen LogP contribution in [-0.2, 0) is 0 Å². The Hall–Kier alpha value is -3.17. The number of para-hydroxylation sites is 1. The van der Waals surface area contributed by atoms with E-state index in [0.717, 1.165) is 10.9 Å². The summed E-state index contributed by atoms with van der Waals surface area (Å²) in [6.07, 6.45) is 0. The van der Waals surface area contributed by atoms with Crippen molar-refractivity contribution in [1.29, 1.82) is 5.26 Å². The molecule has 0 unspecified atom stereocenters. The maximum atomic E-state index is 13.1. The topological polar surface area (TPSA) is 60.5 Å². The molecule has 1 aromatic heterocycles. The average molecular weight is 363 g/mol. The van der Waals surface area contributed by atoms with Crippen LogP contribution in [0.2, 0.25) is 0 Å². The summed E-state index contributed by atoms with van der Waals surface area (Å²) in [5.41, 5.74) is 1.45. The molecule has 1 aliphatic heterocycles. The van der Waals surface area contributed by atoms with Gasteiger partial charge in [0.2, 0.25) is 0 Å². The van der Waals surface area contributed by atoms with Crippen LogP contribution >= 0.6 is 0 Å². The Balaban J connectivity index is 1.44. The predicted octanol–water partition coefficient (Wildman–Crippen LogP) is 3.59. The predicted molar refractivity (Wildman–Crippen MR) is 98.4 cm³/mol. The molecule has 1 aliphatic rings. The lowest BCUT2D eigenvalue weighted by atomic mass is 10.1. The average Bonchev–Trinajstić information content (AvgIpc) is 3.14. The third-order valence-corrected chi connectivity index (χ3v) is 4.91. The lowest BCUT2D eigenvalue weighted by Gasteiger charge is -2.36. The van der Waals surface area contributed by atoms with E-state index >= 15 is 0 Å². The number of fused-ring (bicyclic) bond motifs is 1. The number of benzene rings is 2. The van der Waals surface area contributed by atoms with Gasteiger partial charge in [-0.05, 0) is 29.8 Å². The molecule has 3 aromatic rings. The van der Waals surface area contributed by atoms with Crippen LogP contribution in [0.3, 0.4) is 0 Å². The highest BCUT2D eigenvalue weighted by Gasteiger charge is 2.28. The van der Waals surface area contributed by atoms with Gasteiger partial charge in [0.25, 0.3) is 5.91 Å². The lowest BCUT2D eigenvalue weighted by molar-refractivity contribution is 0.0578. The molecule has 5 nitrogen and oxygen atoms in total. The molecule has 1 fully saturated rings. The van der Waals surface area contributed by atoms with Gasteiger partial charge in [-0.1, -0.05) is 30.3 Å². The number of carbonyl (C=O) groups is 1. The van der Waals surface area contributed by atoms with Crippen LogP contribution in [0.25, 0.3) is 11.0 Å². The molecule has 0 N–H and O–H groups in total. The second-order valence-electron chi connectivity index (χ2n) is 6.56. The summed E-state index contributed by atoms with van der Waals surface area (Å²) in [5.74, 6) is -0.127. The van der Waals surface area contributed by atoms with Crippen molar-refractivity contribution >= 4 is 16.9 Å². The van der Waals surface area contributed by atoms with Gasteiger partial charge in [-0.25, -0.2) is 4.39 Å². The molecule has 0 bridgehead atoms. The highest BCUT2D eigenvalue weighted by molar-refractivity contribution is 5.96. The fourth-order valence-electron chi connectivity index (χ4n) is 3.44. The van der Waals surface area contributed by atoms with E-state index in [1.165, 1.54) is 12.1 Å². The number of amides is 1. The van der Waals surface area contributed by atoms with E-state index in [0.29, 0.717) is 37.5 Å². The van der Waals surface area contributed by atoms with Crippen molar-refractivity contribution < 1.29 is 13.6 Å². The number of nitrogens with zero attached hydrogens (tertiary/aromatic N) is 3. The molecule has 136 valence electrons. The normalized spacial score (nSPS) is 16.2. The van der Waals surface area contributed by atoms with Crippen LogP contribution in [0.5, 0.6) is 0 Å². The smallest absolute Gasteiger partial charge is 0.289 e. The molecule has 2 heterocycles. The van der Waals surface area contributed by atoms with Gasteiger partial charge in [0, 0.05) is 31.6 Å². The van der Waals surface area contributed by atoms with Gasteiger partial charge in [-0.2, -0.15) is 5.26 Å². The van der Waals surface area contributed by atoms with Crippen molar-refractivity contribution in [2.75, 3.05) is 26.2 Å². The van der Waals surface area contributed by atoms with Crippen molar-refractivity contribution in [3.8, 4) is 6.07 Å².